The predicted octanol–water partition coefficient (Wildman–Crippen LogP) is 0.0430. The molecule has 4 N–H and O–H groups in total. The Morgan fingerprint density at radius 3 is 2.86 bits per heavy atom. The Labute approximate surface area is 167 Å². The fraction of sp³-hybridized carbons (Fsp3) is 0.333. The van der Waals surface area contributed by atoms with Crippen molar-refractivity contribution in [2.45, 2.75) is 18.0 Å². The van der Waals surface area contributed by atoms with Crippen molar-refractivity contribution >= 4 is 51.7 Å². The average Bonchev–Trinajstić information content (AvgIpc) is 3.00. The quantitative estimate of drug-likeness (QED) is 0.341. The number of aryl methyl sites for hydroxylation is 1. The third-order valence-corrected chi connectivity index (χ3v) is 6.17. The molecule has 2 aliphatic rings. The number of rotatable bonds is 5. The van der Waals surface area contributed by atoms with Crippen LogP contribution in [0.3, 0.4) is 0 Å². The van der Waals surface area contributed by atoms with Crippen molar-refractivity contribution in [3.8, 4) is 6.57 Å². The lowest BCUT2D eigenvalue weighted by molar-refractivity contribution is -0.154. The van der Waals surface area contributed by atoms with Gasteiger partial charge in [-0.15, -0.1) is 11.3 Å². The largest absolute Gasteiger partial charge is 0.477 e. The molecule has 3 heterocycles. The highest BCUT2D eigenvalue weighted by atomic mass is 32.2. The Hall–Kier alpha value is -3.11. The van der Waals surface area contributed by atoms with Gasteiger partial charge in [-0.1, -0.05) is 5.16 Å². The van der Waals surface area contributed by atoms with E-state index in [1.165, 1.54) is 24.5 Å². The van der Waals surface area contributed by atoms with Crippen molar-refractivity contribution in [1.29, 1.82) is 0 Å². The Morgan fingerprint density at radius 1 is 1.61 bits per heavy atom. The maximum atomic E-state index is 12.8. The standard InChI is InChI=1S/C15H14N6O5S2/c1-6-8(18-14(16)28-6)9(20-26-3)11(22)19-10-12(23)21-7(13(24)25)4-5-27-15(10,21)17-2/h2,4,10H,5H2,1,3H3,(H3-,16,18,19,22,24,25)/p+1. The fourth-order valence-corrected chi connectivity index (χ4v) is 4.81. The first-order valence-electron chi connectivity index (χ1n) is 7.75. The van der Waals surface area contributed by atoms with Crippen LogP contribution in [0.1, 0.15) is 10.6 Å². The summed E-state index contributed by atoms with van der Waals surface area (Å²) in [5.41, 5.74) is 5.47. The highest BCUT2D eigenvalue weighted by Crippen LogP contribution is 2.48. The van der Waals surface area contributed by atoms with E-state index in [2.05, 4.69) is 20.3 Å². The number of carboxylic acids is 1. The van der Waals surface area contributed by atoms with Gasteiger partial charge in [0.2, 0.25) is 6.04 Å². The predicted molar refractivity (Wildman–Crippen MR) is 103 cm³/mol. The minimum Gasteiger partial charge on any atom is -0.477 e. The number of fused-ring (bicyclic) bond motifs is 1. The third kappa shape index (κ3) is 2.86. The number of hydrogen-bond acceptors (Lipinski definition) is 9. The fourth-order valence-electron chi connectivity index (χ4n) is 2.91. The zero-order valence-electron chi connectivity index (χ0n) is 14.7. The lowest BCUT2D eigenvalue weighted by atomic mass is 9.99. The summed E-state index contributed by atoms with van der Waals surface area (Å²) in [4.78, 5) is 49.4. The van der Waals surface area contributed by atoms with E-state index in [4.69, 9.17) is 17.1 Å². The van der Waals surface area contributed by atoms with E-state index in [0.29, 0.717) is 4.88 Å². The molecule has 0 aliphatic carbocycles. The average molecular weight is 423 g/mol. The number of aliphatic carboxylic acids is 1. The minimum absolute atomic E-state index is 0.179. The van der Waals surface area contributed by atoms with E-state index in [1.54, 1.807) is 6.92 Å². The van der Waals surface area contributed by atoms with Gasteiger partial charge in [0.25, 0.3) is 18.4 Å². The van der Waals surface area contributed by atoms with Crippen molar-refractivity contribution in [3.63, 3.8) is 0 Å². The molecule has 146 valence electrons. The summed E-state index contributed by atoms with van der Waals surface area (Å²) in [5, 5.41) is 15.7. The number of hydrogen-bond donors (Lipinski definition) is 3. The number of aromatic nitrogens is 1. The number of carbonyl (C=O) groups excluding carboxylic acids is 2. The zero-order valence-corrected chi connectivity index (χ0v) is 16.3. The summed E-state index contributed by atoms with van der Waals surface area (Å²) in [6.45, 7) is 7.20. The zero-order chi connectivity index (χ0) is 20.6. The number of nitrogens with one attached hydrogen (secondary N) is 1. The summed E-state index contributed by atoms with van der Waals surface area (Å²) in [6.07, 6.45) is 1.38. The molecule has 2 amide bonds. The summed E-state index contributed by atoms with van der Waals surface area (Å²) in [5.74, 6) is -2.46. The van der Waals surface area contributed by atoms with Crippen molar-refractivity contribution in [1.82, 2.24) is 15.2 Å². The van der Waals surface area contributed by atoms with Gasteiger partial charge in [0.05, 0.1) is 0 Å². The van der Waals surface area contributed by atoms with Crippen LogP contribution in [0.15, 0.2) is 16.9 Å². The van der Waals surface area contributed by atoms with Crippen LogP contribution in [-0.2, 0) is 19.2 Å². The van der Waals surface area contributed by atoms with Gasteiger partial charge < -0.3 is 21.0 Å². The van der Waals surface area contributed by atoms with Crippen molar-refractivity contribution < 1.29 is 24.3 Å². The first-order valence-corrected chi connectivity index (χ1v) is 9.56. The molecular weight excluding hydrogens is 408 g/mol. The lowest BCUT2D eigenvalue weighted by Gasteiger charge is -2.46. The van der Waals surface area contributed by atoms with Gasteiger partial charge in [0.15, 0.2) is 10.8 Å². The summed E-state index contributed by atoms with van der Waals surface area (Å²) in [7, 11) is 1.26. The van der Waals surface area contributed by atoms with Crippen LogP contribution in [0, 0.1) is 13.5 Å². The van der Waals surface area contributed by atoms with Gasteiger partial charge in [-0.3, -0.25) is 9.59 Å². The minimum atomic E-state index is -1.45. The summed E-state index contributed by atoms with van der Waals surface area (Å²) < 4.78 is 0. The number of nitrogen functional groups attached to an aromatic ring is 1. The Balaban J connectivity index is 1.90. The van der Waals surface area contributed by atoms with E-state index >= 15 is 0 Å². The van der Waals surface area contributed by atoms with Crippen LogP contribution >= 0.6 is 23.1 Å². The number of thioether (sulfide) groups is 1. The molecule has 1 aromatic heterocycles. The molecule has 13 heteroatoms. The molecule has 11 nitrogen and oxygen atoms in total. The first-order chi connectivity index (χ1) is 13.3. The second-order valence-electron chi connectivity index (χ2n) is 5.65. The smallest absolute Gasteiger partial charge is 0.439 e. The maximum absolute atomic E-state index is 12.8. The van der Waals surface area contributed by atoms with E-state index in [-0.39, 0.29) is 28.0 Å². The van der Waals surface area contributed by atoms with Gasteiger partial charge in [0, 0.05) is 10.6 Å². The van der Waals surface area contributed by atoms with Crippen molar-refractivity contribution in [2.75, 3.05) is 18.6 Å². The Morgan fingerprint density at radius 2 is 2.32 bits per heavy atom. The number of β-lactam (4-membered cyclic amide) rings is 1. The molecule has 1 saturated heterocycles. The molecule has 2 atom stereocenters. The molecule has 0 aromatic carbocycles. The molecule has 0 saturated carbocycles. The van der Waals surface area contributed by atoms with Gasteiger partial charge in [0.1, 0.15) is 18.5 Å². The van der Waals surface area contributed by atoms with E-state index in [0.717, 1.165) is 16.7 Å². The van der Waals surface area contributed by atoms with Gasteiger partial charge >= 0.3 is 11.0 Å². The SMILES string of the molecule is C#[N+]C12SCC=C(C(=O)O)N1C(=O)C2NC(=O)C(=NOC)c1nc(N)sc1C. The number of carboxylic acid groups (broad SMARTS) is 1. The molecule has 1 aromatic rings. The molecule has 3 rings (SSSR count). The Bertz CT molecular complexity index is 980. The highest BCUT2D eigenvalue weighted by molar-refractivity contribution is 8.01. The molecule has 28 heavy (non-hydrogen) atoms. The summed E-state index contributed by atoms with van der Waals surface area (Å²) in [6, 6.07) is -1.18. The van der Waals surface area contributed by atoms with Gasteiger partial charge in [-0.05, 0) is 29.6 Å². The number of thiazole rings is 1. The van der Waals surface area contributed by atoms with E-state index < -0.39 is 28.8 Å². The third-order valence-electron chi connectivity index (χ3n) is 4.09. The summed E-state index contributed by atoms with van der Waals surface area (Å²) >= 11 is 2.28. The molecule has 1 fully saturated rings. The second-order valence-corrected chi connectivity index (χ2v) is 8.11. The Kier molecular flexibility index (Phi) is 5.01. The molecule has 0 spiro atoms. The van der Waals surface area contributed by atoms with Gasteiger partial charge in [-0.2, -0.15) is 0 Å². The second kappa shape index (κ2) is 7.13. The van der Waals surface area contributed by atoms with Crippen LogP contribution < -0.4 is 11.1 Å². The van der Waals surface area contributed by atoms with Crippen molar-refractivity contribution in [2.24, 2.45) is 5.16 Å². The van der Waals surface area contributed by atoms with Crippen LogP contribution in [0.25, 0.3) is 4.85 Å². The molecular formula is C15H15N6O5S2+. The molecule has 0 bridgehead atoms. The highest BCUT2D eigenvalue weighted by Gasteiger charge is 2.74. The molecule has 0 radical (unpaired) electrons. The number of amides is 2. The number of anilines is 1. The van der Waals surface area contributed by atoms with Crippen LogP contribution in [0.5, 0.6) is 0 Å². The number of nitrogens with two attached hydrogens (primary N) is 1. The maximum Gasteiger partial charge on any atom is 0.439 e. The number of carbonyl (C=O) groups is 3. The van der Waals surface area contributed by atoms with Crippen LogP contribution in [0.2, 0.25) is 0 Å². The van der Waals surface area contributed by atoms with Crippen LogP contribution in [0.4, 0.5) is 5.13 Å². The lowest BCUT2D eigenvalue weighted by Crippen LogP contribution is -2.77. The van der Waals surface area contributed by atoms with Crippen LogP contribution in [-0.4, -0.2) is 62.4 Å². The van der Waals surface area contributed by atoms with E-state index in [1.807, 2.05) is 0 Å². The monoisotopic (exact) mass is 423 g/mol. The normalized spacial score (nSPS) is 23.8. The van der Waals surface area contributed by atoms with E-state index in [9.17, 15) is 19.5 Å². The topological polar surface area (TPSA) is 152 Å². The molecule has 2 unspecified atom stereocenters. The van der Waals surface area contributed by atoms with Gasteiger partial charge in [-0.25, -0.2) is 14.7 Å². The first kappa shape index (κ1) is 19.6. The number of oxime groups is 1. The molecule has 2 aliphatic heterocycles. The van der Waals surface area contributed by atoms with Crippen molar-refractivity contribution in [3.05, 3.63) is 27.2 Å². The number of nitrogens with zero attached hydrogens (tertiary/aromatic N) is 4.